The molecule has 1 unspecified atom stereocenters. The van der Waals surface area contributed by atoms with Gasteiger partial charge in [-0.1, -0.05) is 48.5 Å². The van der Waals surface area contributed by atoms with E-state index in [0.29, 0.717) is 5.75 Å². The van der Waals surface area contributed by atoms with Crippen LogP contribution in [0.4, 0.5) is 13.2 Å². The van der Waals surface area contributed by atoms with E-state index in [-0.39, 0.29) is 31.3 Å². The maximum atomic E-state index is 12.7. The van der Waals surface area contributed by atoms with Gasteiger partial charge in [0.25, 0.3) is 0 Å². The molecule has 0 heterocycles. The molecule has 0 fully saturated rings. The molecule has 0 saturated heterocycles. The van der Waals surface area contributed by atoms with Crippen molar-refractivity contribution >= 4 is 5.97 Å². The van der Waals surface area contributed by atoms with Crippen molar-refractivity contribution in [2.24, 2.45) is 0 Å². The van der Waals surface area contributed by atoms with Crippen molar-refractivity contribution in [3.8, 4) is 11.5 Å². The van der Waals surface area contributed by atoms with Gasteiger partial charge in [0.15, 0.2) is 0 Å². The van der Waals surface area contributed by atoms with Gasteiger partial charge >= 0.3 is 12.1 Å². The third kappa shape index (κ3) is 6.50. The smallest absolute Gasteiger partial charge is 0.416 e. The molecule has 0 aliphatic rings. The van der Waals surface area contributed by atoms with Crippen molar-refractivity contribution in [3.63, 3.8) is 0 Å². The van der Waals surface area contributed by atoms with Gasteiger partial charge in [0.2, 0.25) is 0 Å². The first-order chi connectivity index (χ1) is 14.8. The fourth-order valence-electron chi connectivity index (χ4n) is 3.17. The van der Waals surface area contributed by atoms with E-state index in [1.807, 2.05) is 42.5 Å². The van der Waals surface area contributed by atoms with Gasteiger partial charge in [0, 0.05) is 5.92 Å². The molecule has 0 amide bonds. The lowest BCUT2D eigenvalue weighted by atomic mass is 9.88. The summed E-state index contributed by atoms with van der Waals surface area (Å²) in [4.78, 5) is 11.3. The zero-order valence-electron chi connectivity index (χ0n) is 16.5. The molecule has 4 nitrogen and oxygen atoms in total. The Morgan fingerprint density at radius 2 is 1.42 bits per heavy atom. The minimum Gasteiger partial charge on any atom is -0.490 e. The molecule has 0 saturated carbocycles. The number of hydrogen-bond donors (Lipinski definition) is 1. The van der Waals surface area contributed by atoms with Gasteiger partial charge in [-0.3, -0.25) is 4.79 Å². The quantitative estimate of drug-likeness (QED) is 0.438. The summed E-state index contributed by atoms with van der Waals surface area (Å²) in [6.07, 6.45) is -4.45. The van der Waals surface area contributed by atoms with E-state index in [1.54, 1.807) is 12.1 Å². The second-order valence-corrected chi connectivity index (χ2v) is 6.85. The molecule has 3 rings (SSSR count). The Bertz CT molecular complexity index is 986. The molecule has 0 spiro atoms. The lowest BCUT2D eigenvalue weighted by molar-refractivity contribution is -0.138. The molecule has 7 heteroatoms. The van der Waals surface area contributed by atoms with Crippen LogP contribution in [0.5, 0.6) is 11.5 Å². The summed E-state index contributed by atoms with van der Waals surface area (Å²) in [5, 5.41) is 9.26. The second-order valence-electron chi connectivity index (χ2n) is 6.85. The van der Waals surface area contributed by atoms with Crippen LogP contribution in [-0.2, 0) is 11.0 Å². The predicted octanol–water partition coefficient (Wildman–Crippen LogP) is 5.77. The predicted molar refractivity (Wildman–Crippen MR) is 109 cm³/mol. The lowest BCUT2D eigenvalue weighted by Crippen LogP contribution is -2.10. The van der Waals surface area contributed by atoms with Crippen molar-refractivity contribution in [1.29, 1.82) is 0 Å². The summed E-state index contributed by atoms with van der Waals surface area (Å²) in [7, 11) is 0. The fourth-order valence-corrected chi connectivity index (χ4v) is 3.17. The number of halogens is 3. The molecule has 1 atom stereocenters. The number of aliphatic carboxylic acids is 1. The highest BCUT2D eigenvalue weighted by atomic mass is 19.4. The van der Waals surface area contributed by atoms with E-state index in [2.05, 4.69) is 0 Å². The van der Waals surface area contributed by atoms with Crippen LogP contribution in [0, 0.1) is 0 Å². The molecule has 3 aromatic carbocycles. The van der Waals surface area contributed by atoms with Gasteiger partial charge in [0.1, 0.15) is 24.7 Å². The van der Waals surface area contributed by atoms with Gasteiger partial charge in [-0.25, -0.2) is 0 Å². The number of hydrogen-bond acceptors (Lipinski definition) is 3. The lowest BCUT2D eigenvalue weighted by Gasteiger charge is -2.16. The zero-order valence-corrected chi connectivity index (χ0v) is 16.5. The van der Waals surface area contributed by atoms with E-state index >= 15 is 0 Å². The molecule has 31 heavy (non-hydrogen) atoms. The molecule has 1 N–H and O–H groups in total. The summed E-state index contributed by atoms with van der Waals surface area (Å²) < 4.78 is 49.1. The number of carboxylic acid groups (broad SMARTS) is 1. The van der Waals surface area contributed by atoms with Crippen LogP contribution in [0.2, 0.25) is 0 Å². The fraction of sp³-hybridized carbons (Fsp3) is 0.208. The Morgan fingerprint density at radius 1 is 0.806 bits per heavy atom. The molecule has 3 aromatic rings. The summed E-state index contributed by atoms with van der Waals surface area (Å²) in [5.41, 5.74) is 0.991. The van der Waals surface area contributed by atoms with Crippen LogP contribution in [-0.4, -0.2) is 24.3 Å². The standard InChI is InChI=1S/C24H21F3O4/c25-24(26,27)19-7-4-8-21(15-19)31-14-13-30-20-11-9-18(10-12-20)22(16-23(28)29)17-5-2-1-3-6-17/h1-12,15,22H,13-14,16H2,(H,28,29). The van der Waals surface area contributed by atoms with Gasteiger partial charge in [0.05, 0.1) is 12.0 Å². The van der Waals surface area contributed by atoms with E-state index in [9.17, 15) is 23.1 Å². The van der Waals surface area contributed by atoms with Crippen molar-refractivity contribution < 1.29 is 32.5 Å². The molecule has 0 aromatic heterocycles. The SMILES string of the molecule is O=C(O)CC(c1ccccc1)c1ccc(OCCOc2cccc(C(F)(F)F)c2)cc1. The Hall–Kier alpha value is -3.48. The van der Waals surface area contributed by atoms with E-state index in [0.717, 1.165) is 23.3 Å². The summed E-state index contributed by atoms with van der Waals surface area (Å²) in [6, 6.07) is 21.2. The van der Waals surface area contributed by atoms with Gasteiger partial charge < -0.3 is 14.6 Å². The second kappa shape index (κ2) is 10.0. The van der Waals surface area contributed by atoms with Crippen LogP contribution in [0.3, 0.4) is 0 Å². The van der Waals surface area contributed by atoms with E-state index < -0.39 is 17.7 Å². The molecule has 0 bridgehead atoms. The first-order valence-electron chi connectivity index (χ1n) is 9.62. The van der Waals surface area contributed by atoms with Gasteiger partial charge in [-0.2, -0.15) is 13.2 Å². The molecule has 0 aliphatic carbocycles. The molecule has 0 aliphatic heterocycles. The van der Waals surface area contributed by atoms with Gasteiger partial charge in [-0.15, -0.1) is 0 Å². The maximum Gasteiger partial charge on any atom is 0.416 e. The largest absolute Gasteiger partial charge is 0.490 e. The highest BCUT2D eigenvalue weighted by Crippen LogP contribution is 2.31. The number of carboxylic acids is 1. The third-order valence-corrected chi connectivity index (χ3v) is 4.65. The topological polar surface area (TPSA) is 55.8 Å². The number of carbonyl (C=O) groups is 1. The van der Waals surface area contributed by atoms with Crippen LogP contribution in [0.1, 0.15) is 29.0 Å². The monoisotopic (exact) mass is 430 g/mol. The Morgan fingerprint density at radius 3 is 2.03 bits per heavy atom. The highest BCUT2D eigenvalue weighted by Gasteiger charge is 2.30. The Labute approximate surface area is 177 Å². The first-order valence-corrected chi connectivity index (χ1v) is 9.62. The average Bonchev–Trinajstić information content (AvgIpc) is 2.76. The maximum absolute atomic E-state index is 12.7. The van der Waals surface area contributed by atoms with Crippen molar-refractivity contribution in [2.75, 3.05) is 13.2 Å². The summed E-state index contributed by atoms with van der Waals surface area (Å²) in [6.45, 7) is 0.224. The van der Waals surface area contributed by atoms with Gasteiger partial charge in [-0.05, 0) is 41.5 Å². The zero-order chi connectivity index (χ0) is 22.3. The number of benzene rings is 3. The number of ether oxygens (including phenoxy) is 2. The number of rotatable bonds is 9. The minimum atomic E-state index is -4.42. The van der Waals surface area contributed by atoms with Crippen LogP contribution in [0.15, 0.2) is 78.9 Å². The summed E-state index contributed by atoms with van der Waals surface area (Å²) in [5.74, 6) is -0.496. The summed E-state index contributed by atoms with van der Waals surface area (Å²) >= 11 is 0. The van der Waals surface area contributed by atoms with Crippen LogP contribution < -0.4 is 9.47 Å². The van der Waals surface area contributed by atoms with Crippen LogP contribution >= 0.6 is 0 Å². The molecule has 162 valence electrons. The highest BCUT2D eigenvalue weighted by molar-refractivity contribution is 5.69. The molecule has 0 radical (unpaired) electrons. The van der Waals surface area contributed by atoms with Crippen molar-refractivity contribution in [2.45, 2.75) is 18.5 Å². The third-order valence-electron chi connectivity index (χ3n) is 4.65. The Balaban J connectivity index is 1.56. The average molecular weight is 430 g/mol. The van der Waals surface area contributed by atoms with Crippen molar-refractivity contribution in [1.82, 2.24) is 0 Å². The first kappa shape index (κ1) is 22.2. The normalized spacial score (nSPS) is 12.2. The molecular weight excluding hydrogens is 409 g/mol. The molecular formula is C24H21F3O4. The Kier molecular flexibility index (Phi) is 7.18. The van der Waals surface area contributed by atoms with Crippen molar-refractivity contribution in [3.05, 3.63) is 95.6 Å². The van der Waals surface area contributed by atoms with Crippen LogP contribution in [0.25, 0.3) is 0 Å². The van der Waals surface area contributed by atoms with E-state index in [4.69, 9.17) is 9.47 Å². The minimum absolute atomic E-state index is 0.0327. The van der Waals surface area contributed by atoms with E-state index in [1.165, 1.54) is 12.1 Å². The number of alkyl halides is 3.